The molecule has 54 valence electrons. The van der Waals surface area contributed by atoms with Gasteiger partial charge in [-0.25, -0.2) is 0 Å². The van der Waals surface area contributed by atoms with Gasteiger partial charge in [-0.15, -0.1) is 11.8 Å². The molecule has 0 bridgehead atoms. The minimum absolute atomic E-state index is 0.250. The van der Waals surface area contributed by atoms with E-state index in [1.807, 2.05) is 0 Å². The third-order valence-electron chi connectivity index (χ3n) is 0.669. The SMILES string of the molecule is COC(=O)CSCCF. The van der Waals surface area contributed by atoms with Crippen LogP contribution in [0.2, 0.25) is 0 Å². The highest BCUT2D eigenvalue weighted by Gasteiger charge is 1.97. The Hall–Kier alpha value is -0.250. The van der Waals surface area contributed by atoms with Crippen LogP contribution in [0, 0.1) is 0 Å². The fourth-order valence-electron chi connectivity index (χ4n) is 0.269. The predicted octanol–water partition coefficient (Wildman–Crippen LogP) is 0.862. The normalized spacial score (nSPS) is 9.11. The molecule has 0 aromatic heterocycles. The van der Waals surface area contributed by atoms with E-state index in [0.29, 0.717) is 5.75 Å². The molecule has 0 amide bonds. The van der Waals surface area contributed by atoms with Crippen molar-refractivity contribution in [3.63, 3.8) is 0 Å². The van der Waals surface area contributed by atoms with Crippen molar-refractivity contribution in [3.8, 4) is 0 Å². The van der Waals surface area contributed by atoms with Crippen molar-refractivity contribution < 1.29 is 13.9 Å². The van der Waals surface area contributed by atoms with Crippen LogP contribution in [0.1, 0.15) is 0 Å². The van der Waals surface area contributed by atoms with Crippen molar-refractivity contribution in [1.29, 1.82) is 0 Å². The van der Waals surface area contributed by atoms with Gasteiger partial charge in [0, 0.05) is 5.75 Å². The van der Waals surface area contributed by atoms with E-state index >= 15 is 0 Å². The number of ether oxygens (including phenoxy) is 1. The highest BCUT2D eigenvalue weighted by Crippen LogP contribution is 1.98. The van der Waals surface area contributed by atoms with Crippen LogP contribution in [0.15, 0.2) is 0 Å². The van der Waals surface area contributed by atoms with Crippen molar-refractivity contribution in [2.75, 3.05) is 25.3 Å². The van der Waals surface area contributed by atoms with Gasteiger partial charge in [0.05, 0.1) is 19.5 Å². The topological polar surface area (TPSA) is 26.3 Å². The van der Waals surface area contributed by atoms with Crippen LogP contribution >= 0.6 is 11.8 Å². The van der Waals surface area contributed by atoms with Gasteiger partial charge in [-0.2, -0.15) is 0 Å². The Morgan fingerprint density at radius 1 is 1.78 bits per heavy atom. The largest absolute Gasteiger partial charge is 0.468 e. The molecule has 0 atom stereocenters. The number of halogens is 1. The lowest BCUT2D eigenvalue weighted by molar-refractivity contribution is -0.137. The first-order chi connectivity index (χ1) is 4.31. The Morgan fingerprint density at radius 3 is 2.89 bits per heavy atom. The van der Waals surface area contributed by atoms with Gasteiger partial charge in [0.25, 0.3) is 0 Å². The first-order valence-corrected chi connectivity index (χ1v) is 3.67. The van der Waals surface area contributed by atoms with E-state index in [4.69, 9.17) is 0 Å². The summed E-state index contributed by atoms with van der Waals surface area (Å²) in [6.07, 6.45) is 0. The maximum Gasteiger partial charge on any atom is 0.315 e. The number of thioether (sulfide) groups is 1. The van der Waals surface area contributed by atoms with E-state index < -0.39 is 0 Å². The lowest BCUT2D eigenvalue weighted by atomic mass is 10.8. The highest BCUT2D eigenvalue weighted by atomic mass is 32.2. The number of hydrogen-bond donors (Lipinski definition) is 0. The molecular formula is C5H9FO2S. The lowest BCUT2D eigenvalue weighted by Crippen LogP contribution is -2.03. The molecule has 0 aromatic carbocycles. The standard InChI is InChI=1S/C5H9FO2S/c1-8-5(7)4-9-3-2-6/h2-4H2,1H3. The molecule has 0 aliphatic rings. The number of rotatable bonds is 4. The highest BCUT2D eigenvalue weighted by molar-refractivity contribution is 7.99. The zero-order chi connectivity index (χ0) is 7.11. The van der Waals surface area contributed by atoms with Gasteiger partial charge in [0.15, 0.2) is 0 Å². The molecule has 0 radical (unpaired) electrons. The molecule has 0 aliphatic carbocycles. The molecule has 0 fully saturated rings. The van der Waals surface area contributed by atoms with Gasteiger partial charge in [0.1, 0.15) is 0 Å². The van der Waals surface area contributed by atoms with E-state index in [2.05, 4.69) is 4.74 Å². The molecule has 0 unspecified atom stereocenters. The van der Waals surface area contributed by atoms with Crippen LogP contribution in [0.3, 0.4) is 0 Å². The average Bonchev–Trinajstić information content (AvgIpc) is 1.89. The van der Waals surface area contributed by atoms with Crippen LogP contribution in [0.4, 0.5) is 4.39 Å². The third-order valence-corrected chi connectivity index (χ3v) is 1.55. The number of hydrogen-bond acceptors (Lipinski definition) is 3. The maximum atomic E-state index is 11.4. The fourth-order valence-corrected chi connectivity index (χ4v) is 0.807. The fraction of sp³-hybridized carbons (Fsp3) is 0.800. The number of carbonyl (C=O) groups is 1. The quantitative estimate of drug-likeness (QED) is 0.441. The minimum atomic E-state index is -0.387. The number of alkyl halides is 1. The summed E-state index contributed by atoms with van der Waals surface area (Å²) in [5.74, 6) is 0.323. The Balaban J connectivity index is 2.97. The summed E-state index contributed by atoms with van der Waals surface area (Å²) < 4.78 is 15.7. The van der Waals surface area contributed by atoms with E-state index in [0.717, 1.165) is 0 Å². The molecule has 0 aromatic rings. The van der Waals surface area contributed by atoms with Gasteiger partial charge in [-0.05, 0) is 0 Å². The second-order valence-corrected chi connectivity index (χ2v) is 2.42. The third kappa shape index (κ3) is 5.62. The number of methoxy groups -OCH3 is 1. The molecule has 0 heterocycles. The molecule has 0 spiro atoms. The molecular weight excluding hydrogens is 143 g/mol. The zero-order valence-electron chi connectivity index (χ0n) is 5.22. The first kappa shape index (κ1) is 8.75. The van der Waals surface area contributed by atoms with E-state index in [-0.39, 0.29) is 18.4 Å². The minimum Gasteiger partial charge on any atom is -0.468 e. The van der Waals surface area contributed by atoms with Crippen LogP contribution < -0.4 is 0 Å². The van der Waals surface area contributed by atoms with Gasteiger partial charge in [0.2, 0.25) is 0 Å². The molecule has 0 aliphatic heterocycles. The average molecular weight is 152 g/mol. The summed E-state index contributed by atoms with van der Waals surface area (Å²) in [5, 5.41) is 0. The van der Waals surface area contributed by atoms with E-state index in [1.165, 1.54) is 18.9 Å². The summed E-state index contributed by atoms with van der Waals surface area (Å²) in [6, 6.07) is 0. The Labute approximate surface area is 57.8 Å². The maximum absolute atomic E-state index is 11.4. The van der Waals surface area contributed by atoms with Crippen molar-refractivity contribution in [2.24, 2.45) is 0 Å². The van der Waals surface area contributed by atoms with Crippen LogP contribution in [0.5, 0.6) is 0 Å². The van der Waals surface area contributed by atoms with Crippen molar-refractivity contribution >= 4 is 17.7 Å². The zero-order valence-corrected chi connectivity index (χ0v) is 6.04. The second-order valence-electron chi connectivity index (χ2n) is 1.32. The Morgan fingerprint density at radius 2 is 2.44 bits per heavy atom. The number of esters is 1. The molecule has 9 heavy (non-hydrogen) atoms. The molecule has 4 heteroatoms. The van der Waals surface area contributed by atoms with Crippen molar-refractivity contribution in [1.82, 2.24) is 0 Å². The lowest BCUT2D eigenvalue weighted by Gasteiger charge is -1.94. The van der Waals surface area contributed by atoms with Crippen molar-refractivity contribution in [2.45, 2.75) is 0 Å². The molecule has 2 nitrogen and oxygen atoms in total. The molecule has 0 N–H and O–H groups in total. The van der Waals surface area contributed by atoms with E-state index in [1.54, 1.807) is 0 Å². The van der Waals surface area contributed by atoms with Gasteiger partial charge < -0.3 is 4.74 Å². The van der Waals surface area contributed by atoms with Crippen LogP contribution in [-0.2, 0) is 9.53 Å². The monoisotopic (exact) mass is 152 g/mol. The van der Waals surface area contributed by atoms with Gasteiger partial charge >= 0.3 is 5.97 Å². The van der Waals surface area contributed by atoms with Crippen LogP contribution in [-0.4, -0.2) is 31.3 Å². The summed E-state index contributed by atoms with van der Waals surface area (Å²) in [4.78, 5) is 10.3. The Kier molecular flexibility index (Phi) is 5.72. The molecule has 0 saturated heterocycles. The second kappa shape index (κ2) is 5.88. The van der Waals surface area contributed by atoms with Gasteiger partial charge in [-0.3, -0.25) is 9.18 Å². The van der Waals surface area contributed by atoms with Crippen molar-refractivity contribution in [3.05, 3.63) is 0 Å². The summed E-state index contributed by atoms with van der Waals surface area (Å²) >= 11 is 1.24. The molecule has 0 saturated carbocycles. The smallest absolute Gasteiger partial charge is 0.315 e. The van der Waals surface area contributed by atoms with Crippen LogP contribution in [0.25, 0.3) is 0 Å². The summed E-state index contributed by atoms with van der Waals surface area (Å²) in [5.41, 5.74) is 0. The van der Waals surface area contributed by atoms with E-state index in [9.17, 15) is 9.18 Å². The molecule has 0 rings (SSSR count). The first-order valence-electron chi connectivity index (χ1n) is 2.51. The summed E-state index contributed by atoms with van der Waals surface area (Å²) in [6.45, 7) is -0.387. The number of carbonyl (C=O) groups excluding carboxylic acids is 1. The van der Waals surface area contributed by atoms with Gasteiger partial charge in [-0.1, -0.05) is 0 Å². The summed E-state index contributed by atoms with van der Waals surface area (Å²) in [7, 11) is 1.32. The Bertz CT molecular complexity index is 87.0. The predicted molar refractivity (Wildman–Crippen MR) is 35.3 cm³/mol.